The summed E-state index contributed by atoms with van der Waals surface area (Å²) in [6.07, 6.45) is 9.92. The van der Waals surface area contributed by atoms with Gasteiger partial charge in [-0.2, -0.15) is 17.7 Å². The van der Waals surface area contributed by atoms with E-state index in [4.69, 9.17) is 0 Å². The van der Waals surface area contributed by atoms with Crippen LogP contribution in [0.5, 0.6) is 0 Å². The first-order valence-electron chi connectivity index (χ1n) is 11.0. The molecule has 2 aromatic carbocycles. The van der Waals surface area contributed by atoms with Gasteiger partial charge in [0.15, 0.2) is 0 Å². The van der Waals surface area contributed by atoms with Gasteiger partial charge < -0.3 is 0 Å². The first-order valence-corrected chi connectivity index (χ1v) is 12.2. The Morgan fingerprint density at radius 2 is 1.50 bits per heavy atom. The van der Waals surface area contributed by atoms with Gasteiger partial charge in [-0.15, -0.1) is 16.7 Å². The van der Waals surface area contributed by atoms with Gasteiger partial charge in [-0.05, 0) is 34.3 Å². The Morgan fingerprint density at radius 3 is 2.03 bits per heavy atom. The molecule has 2 aliphatic rings. The first-order chi connectivity index (χ1) is 13.9. The molecule has 0 nitrogen and oxygen atoms in total. The fourth-order valence-corrected chi connectivity index (χ4v) is 4.17. The zero-order chi connectivity index (χ0) is 22.3. The van der Waals surface area contributed by atoms with Crippen LogP contribution in [0.15, 0.2) is 48.6 Å². The number of rotatable bonds is 1. The standard InChI is InChI=1S/C26H29.C3H6.Zr/c1-25(2,3)20-11-12-21-18(14-20)13-19-15-24(26(4,5)6)23(16-22(19)21)17-9-7-8-10-17;1-3-2;/h7-12,14,16-17H,13H2,1-6H3;1-2H3;/q-1;;. The molecule has 0 aliphatic heterocycles. The normalized spacial score (nSPS) is 14.9. The van der Waals surface area contributed by atoms with Crippen LogP contribution in [-0.4, -0.2) is 3.21 Å². The maximum absolute atomic E-state index is 3.85. The van der Waals surface area contributed by atoms with Crippen LogP contribution in [0.3, 0.4) is 0 Å². The fourth-order valence-electron chi connectivity index (χ4n) is 4.17. The number of benzene rings is 2. The molecule has 0 aromatic heterocycles. The van der Waals surface area contributed by atoms with Crippen LogP contribution >= 0.6 is 0 Å². The molecule has 0 heterocycles. The van der Waals surface area contributed by atoms with Crippen molar-refractivity contribution in [2.45, 2.75) is 78.6 Å². The summed E-state index contributed by atoms with van der Waals surface area (Å²) in [6.45, 7) is 18.0. The minimum absolute atomic E-state index is 0.0972. The van der Waals surface area contributed by atoms with E-state index in [0.29, 0.717) is 5.92 Å². The first kappa shape index (κ1) is 23.3. The molecule has 4 rings (SSSR count). The van der Waals surface area contributed by atoms with Crippen LogP contribution in [0, 0.1) is 6.07 Å². The van der Waals surface area contributed by atoms with E-state index in [1.54, 1.807) is 24.2 Å². The van der Waals surface area contributed by atoms with Crippen molar-refractivity contribution in [3.63, 3.8) is 0 Å². The molecule has 30 heavy (non-hydrogen) atoms. The molecule has 0 spiro atoms. The van der Waals surface area contributed by atoms with Crippen molar-refractivity contribution in [2.24, 2.45) is 0 Å². The van der Waals surface area contributed by atoms with Crippen molar-refractivity contribution < 1.29 is 24.2 Å². The number of hydrogen-bond donors (Lipinski definition) is 0. The van der Waals surface area contributed by atoms with E-state index < -0.39 is 0 Å². The van der Waals surface area contributed by atoms with E-state index in [9.17, 15) is 0 Å². The zero-order valence-corrected chi connectivity index (χ0v) is 22.4. The predicted octanol–water partition coefficient (Wildman–Crippen LogP) is 7.61. The van der Waals surface area contributed by atoms with Gasteiger partial charge in [0.2, 0.25) is 0 Å². The monoisotopic (exact) mass is 473 g/mol. The van der Waals surface area contributed by atoms with Crippen LogP contribution in [0.2, 0.25) is 0 Å². The van der Waals surface area contributed by atoms with Crippen molar-refractivity contribution in [1.82, 2.24) is 0 Å². The molecule has 0 unspecified atom stereocenters. The molecule has 0 radical (unpaired) electrons. The topological polar surface area (TPSA) is 0 Å². The Morgan fingerprint density at radius 1 is 0.900 bits per heavy atom. The fraction of sp³-hybridized carbons (Fsp3) is 0.414. The van der Waals surface area contributed by atoms with Crippen LogP contribution in [0.4, 0.5) is 0 Å². The molecule has 2 aliphatic carbocycles. The van der Waals surface area contributed by atoms with Crippen LogP contribution in [0.1, 0.15) is 89.1 Å². The van der Waals surface area contributed by atoms with E-state index in [-0.39, 0.29) is 10.8 Å². The van der Waals surface area contributed by atoms with Gasteiger partial charge in [-0.3, -0.25) is 0 Å². The van der Waals surface area contributed by atoms with E-state index in [2.05, 4.69) is 110 Å². The third kappa shape index (κ3) is 5.11. The Kier molecular flexibility index (Phi) is 6.74. The van der Waals surface area contributed by atoms with E-state index >= 15 is 0 Å². The van der Waals surface area contributed by atoms with Crippen molar-refractivity contribution in [3.05, 3.63) is 82.5 Å². The van der Waals surface area contributed by atoms with Gasteiger partial charge in [0.25, 0.3) is 0 Å². The summed E-state index contributed by atoms with van der Waals surface area (Å²) >= 11 is 1.55. The predicted molar refractivity (Wildman–Crippen MR) is 128 cm³/mol. The van der Waals surface area contributed by atoms with Crippen molar-refractivity contribution >= 4 is 3.21 Å². The Bertz CT molecular complexity index is 1000. The van der Waals surface area contributed by atoms with E-state index in [1.807, 2.05) is 0 Å². The molecule has 1 heteroatoms. The number of fused-ring (bicyclic) bond motifs is 3. The minimum atomic E-state index is 0.0972. The van der Waals surface area contributed by atoms with E-state index in [1.165, 1.54) is 42.2 Å². The summed E-state index contributed by atoms with van der Waals surface area (Å²) in [4.78, 5) is 0. The van der Waals surface area contributed by atoms with Crippen LogP contribution in [-0.2, 0) is 41.5 Å². The molecule has 0 bridgehead atoms. The Balaban J connectivity index is 0.000000589. The molecule has 0 amide bonds. The zero-order valence-electron chi connectivity index (χ0n) is 19.9. The molecule has 0 N–H and O–H groups in total. The molecule has 2 aromatic rings. The molecule has 0 atom stereocenters. The van der Waals surface area contributed by atoms with Crippen LogP contribution < -0.4 is 0 Å². The van der Waals surface area contributed by atoms with Crippen LogP contribution in [0.25, 0.3) is 11.1 Å². The molecular formula is C29H35Zr-. The van der Waals surface area contributed by atoms with Gasteiger partial charge in [-0.25, -0.2) is 0 Å². The van der Waals surface area contributed by atoms with Gasteiger partial charge in [0.1, 0.15) is 0 Å². The average Bonchev–Trinajstić information content (AvgIpc) is 3.25. The summed E-state index contributed by atoms with van der Waals surface area (Å²) < 4.78 is 1.51. The maximum atomic E-state index is 3.85. The van der Waals surface area contributed by atoms with Crippen molar-refractivity contribution in [3.8, 4) is 11.1 Å². The second-order valence-corrected chi connectivity index (χ2v) is 13.3. The Labute approximate surface area is 198 Å². The summed E-state index contributed by atoms with van der Waals surface area (Å²) in [5, 5.41) is 0. The summed E-state index contributed by atoms with van der Waals surface area (Å²) in [7, 11) is 0. The van der Waals surface area contributed by atoms with Gasteiger partial charge >= 0.3 is 41.3 Å². The van der Waals surface area contributed by atoms with Crippen molar-refractivity contribution in [2.75, 3.05) is 0 Å². The molecule has 0 fully saturated rings. The summed E-state index contributed by atoms with van der Waals surface area (Å²) in [6, 6.07) is 13.3. The number of allylic oxidation sites excluding steroid dienone is 4. The molecular weight excluding hydrogens is 440 g/mol. The molecule has 0 saturated carbocycles. The van der Waals surface area contributed by atoms with Gasteiger partial charge in [-0.1, -0.05) is 89.6 Å². The van der Waals surface area contributed by atoms with E-state index in [0.717, 1.165) is 6.42 Å². The summed E-state index contributed by atoms with van der Waals surface area (Å²) in [5.74, 6) is 0.378. The second-order valence-electron chi connectivity index (χ2n) is 10.8. The second kappa shape index (κ2) is 8.66. The molecule has 0 saturated heterocycles. The third-order valence-corrected chi connectivity index (χ3v) is 5.68. The Hall–Kier alpha value is -1.33. The average molecular weight is 475 g/mol. The third-order valence-electron chi connectivity index (χ3n) is 5.68. The number of hydrogen-bond acceptors (Lipinski definition) is 0. The van der Waals surface area contributed by atoms with Gasteiger partial charge in [0.05, 0.1) is 0 Å². The van der Waals surface area contributed by atoms with Crippen molar-refractivity contribution in [1.29, 1.82) is 0 Å². The SMILES string of the molecule is CC(C)(C)c1ccc2c(c1)Cc1[c-]c(C(C)(C)C)c(C3C=CC=C3)cc1-2.C[C](C)=[Zr]. The quantitative estimate of drug-likeness (QED) is 0.318. The van der Waals surface area contributed by atoms with Gasteiger partial charge in [0, 0.05) is 0 Å². The summed E-state index contributed by atoms with van der Waals surface area (Å²) in [5.41, 5.74) is 10.1. The molecule has 156 valence electrons.